The molecule has 0 saturated carbocycles. The van der Waals surface area contributed by atoms with E-state index in [1.165, 1.54) is 0 Å². The molecule has 2 nitrogen and oxygen atoms in total. The minimum Gasteiger partial charge on any atom is -0.315 e. The van der Waals surface area contributed by atoms with Gasteiger partial charge in [0.1, 0.15) is 0 Å². The van der Waals surface area contributed by atoms with Crippen LogP contribution in [0.4, 0.5) is 0 Å². The van der Waals surface area contributed by atoms with Crippen molar-refractivity contribution in [3.05, 3.63) is 53.7 Å². The van der Waals surface area contributed by atoms with Crippen molar-refractivity contribution in [2.45, 2.75) is 6.92 Å². The number of likely N-dealkylation sites (tertiary alicyclic amines) is 1. The third kappa shape index (κ3) is 1.67. The normalized spacial score (nSPS) is 23.2. The van der Waals surface area contributed by atoms with Gasteiger partial charge in [0.2, 0.25) is 0 Å². The number of hydrogen-bond donors (Lipinski definition) is 0. The summed E-state index contributed by atoms with van der Waals surface area (Å²) in [5, 5.41) is 0. The molecule has 82 valence electrons. The van der Waals surface area contributed by atoms with E-state index in [0.29, 0.717) is 0 Å². The molecule has 16 heavy (non-hydrogen) atoms. The molecule has 1 atom stereocenters. The molecular weight excluding hydrogens is 198 g/mol. The number of rotatable bonds is 1. The molecule has 1 saturated heterocycles. The maximum absolute atomic E-state index is 11.9. The van der Waals surface area contributed by atoms with Crippen LogP contribution in [0.3, 0.4) is 0 Å². The average molecular weight is 213 g/mol. The van der Waals surface area contributed by atoms with Gasteiger partial charge in [-0.1, -0.05) is 43.8 Å². The fourth-order valence-corrected chi connectivity index (χ4v) is 1.89. The van der Waals surface area contributed by atoms with Crippen molar-refractivity contribution in [2.75, 3.05) is 7.05 Å². The van der Waals surface area contributed by atoms with Gasteiger partial charge in [0.25, 0.3) is 5.91 Å². The SMILES string of the molecule is C=C1C(C)/C(=C/c2ccccc2)C(=O)N1C. The van der Waals surface area contributed by atoms with Gasteiger partial charge in [0.05, 0.1) is 0 Å². The topological polar surface area (TPSA) is 20.3 Å². The lowest BCUT2D eigenvalue weighted by molar-refractivity contribution is -0.122. The first-order valence-electron chi connectivity index (χ1n) is 5.34. The van der Waals surface area contributed by atoms with Crippen molar-refractivity contribution in [1.82, 2.24) is 4.90 Å². The number of carbonyl (C=O) groups excluding carboxylic acids is 1. The second-order valence-corrected chi connectivity index (χ2v) is 4.09. The number of carbonyl (C=O) groups is 1. The molecule has 1 aromatic rings. The zero-order valence-corrected chi connectivity index (χ0v) is 9.60. The highest BCUT2D eigenvalue weighted by Crippen LogP contribution is 2.32. The van der Waals surface area contributed by atoms with Crippen LogP contribution in [0, 0.1) is 5.92 Å². The van der Waals surface area contributed by atoms with Gasteiger partial charge in [0.15, 0.2) is 0 Å². The quantitative estimate of drug-likeness (QED) is 0.657. The summed E-state index contributed by atoms with van der Waals surface area (Å²) in [6.45, 7) is 5.94. The smallest absolute Gasteiger partial charge is 0.254 e. The maximum Gasteiger partial charge on any atom is 0.254 e. The molecule has 1 aliphatic rings. The molecule has 1 aliphatic heterocycles. The van der Waals surface area contributed by atoms with Gasteiger partial charge in [-0.25, -0.2) is 0 Å². The summed E-state index contributed by atoms with van der Waals surface area (Å²) in [6, 6.07) is 9.89. The predicted octanol–water partition coefficient (Wildman–Crippen LogP) is 2.69. The van der Waals surface area contributed by atoms with Crippen molar-refractivity contribution >= 4 is 12.0 Å². The first-order chi connectivity index (χ1) is 7.61. The van der Waals surface area contributed by atoms with Gasteiger partial charge in [-0.15, -0.1) is 0 Å². The molecule has 1 aromatic carbocycles. The molecule has 1 fully saturated rings. The van der Waals surface area contributed by atoms with Crippen molar-refractivity contribution in [3.8, 4) is 0 Å². The minimum absolute atomic E-state index is 0.0568. The minimum atomic E-state index is 0.0568. The molecule has 1 amide bonds. The lowest BCUT2D eigenvalue weighted by atomic mass is 10.00. The van der Waals surface area contributed by atoms with Crippen LogP contribution < -0.4 is 0 Å². The average Bonchev–Trinajstić information content (AvgIpc) is 2.48. The van der Waals surface area contributed by atoms with E-state index in [9.17, 15) is 4.79 Å². The Morgan fingerprint density at radius 3 is 2.44 bits per heavy atom. The summed E-state index contributed by atoms with van der Waals surface area (Å²) in [7, 11) is 1.77. The Kier molecular flexibility index (Phi) is 2.65. The van der Waals surface area contributed by atoms with Crippen molar-refractivity contribution in [2.24, 2.45) is 5.92 Å². The molecule has 2 rings (SSSR count). The van der Waals surface area contributed by atoms with Crippen LogP contribution in [-0.4, -0.2) is 17.9 Å². The maximum atomic E-state index is 11.9. The Bertz CT molecular complexity index is 459. The van der Waals surface area contributed by atoms with Crippen LogP contribution in [0.25, 0.3) is 6.08 Å². The Balaban J connectivity index is 2.39. The third-order valence-corrected chi connectivity index (χ3v) is 3.07. The summed E-state index contributed by atoms with van der Waals surface area (Å²) < 4.78 is 0. The third-order valence-electron chi connectivity index (χ3n) is 3.07. The first kappa shape index (κ1) is 10.7. The Morgan fingerprint density at radius 2 is 1.94 bits per heavy atom. The molecule has 1 heterocycles. The van der Waals surface area contributed by atoms with Crippen LogP contribution in [0.2, 0.25) is 0 Å². The van der Waals surface area contributed by atoms with E-state index in [0.717, 1.165) is 16.8 Å². The van der Waals surface area contributed by atoms with Gasteiger partial charge in [-0.05, 0) is 11.6 Å². The summed E-state index contributed by atoms with van der Waals surface area (Å²) in [5.41, 5.74) is 2.74. The highest BCUT2D eigenvalue weighted by atomic mass is 16.2. The van der Waals surface area contributed by atoms with Crippen molar-refractivity contribution in [3.63, 3.8) is 0 Å². The van der Waals surface area contributed by atoms with Crippen molar-refractivity contribution < 1.29 is 4.79 Å². The summed E-state index contributed by atoms with van der Waals surface area (Å²) in [4.78, 5) is 13.6. The first-order valence-corrected chi connectivity index (χ1v) is 5.34. The number of allylic oxidation sites excluding steroid dienone is 1. The zero-order valence-electron chi connectivity index (χ0n) is 9.60. The van der Waals surface area contributed by atoms with Crippen LogP contribution >= 0.6 is 0 Å². The van der Waals surface area contributed by atoms with Crippen LogP contribution in [0.1, 0.15) is 12.5 Å². The molecule has 0 aromatic heterocycles. The summed E-state index contributed by atoms with van der Waals surface area (Å²) in [6.07, 6.45) is 1.95. The van der Waals surface area contributed by atoms with Gasteiger partial charge in [-0.2, -0.15) is 0 Å². The highest BCUT2D eigenvalue weighted by molar-refractivity contribution is 6.02. The van der Waals surface area contributed by atoms with Gasteiger partial charge in [-0.3, -0.25) is 4.79 Å². The Hall–Kier alpha value is -1.83. The Labute approximate surface area is 95.9 Å². The van der Waals surface area contributed by atoms with E-state index in [4.69, 9.17) is 0 Å². The lowest BCUT2D eigenvalue weighted by Crippen LogP contribution is -2.17. The van der Waals surface area contributed by atoms with Gasteiger partial charge in [0, 0.05) is 24.2 Å². The summed E-state index contributed by atoms with van der Waals surface area (Å²) >= 11 is 0. The molecule has 0 bridgehead atoms. The van der Waals surface area contributed by atoms with E-state index < -0.39 is 0 Å². The Morgan fingerprint density at radius 1 is 1.31 bits per heavy atom. The number of amides is 1. The van der Waals surface area contributed by atoms with E-state index in [1.807, 2.05) is 43.3 Å². The van der Waals surface area contributed by atoms with Crippen LogP contribution in [-0.2, 0) is 4.79 Å². The standard InChI is InChI=1S/C14H15NO/c1-10-11(2)15(3)14(16)13(10)9-12-7-5-4-6-8-12/h4-10H,2H2,1,3H3/b13-9-. The number of likely N-dealkylation sites (N-methyl/N-ethyl adjacent to an activating group) is 1. The van der Waals surface area contributed by atoms with E-state index in [2.05, 4.69) is 6.58 Å². The predicted molar refractivity (Wildman–Crippen MR) is 65.5 cm³/mol. The molecule has 0 N–H and O–H groups in total. The van der Waals surface area contributed by atoms with Gasteiger partial charge < -0.3 is 4.90 Å². The van der Waals surface area contributed by atoms with Crippen molar-refractivity contribution in [1.29, 1.82) is 0 Å². The fourth-order valence-electron chi connectivity index (χ4n) is 1.89. The van der Waals surface area contributed by atoms with Crippen LogP contribution in [0.5, 0.6) is 0 Å². The molecule has 1 unspecified atom stereocenters. The zero-order chi connectivity index (χ0) is 11.7. The van der Waals surface area contributed by atoms with Gasteiger partial charge >= 0.3 is 0 Å². The largest absolute Gasteiger partial charge is 0.315 e. The van der Waals surface area contributed by atoms with E-state index in [1.54, 1.807) is 11.9 Å². The molecular formula is C14H15NO. The second-order valence-electron chi connectivity index (χ2n) is 4.09. The monoisotopic (exact) mass is 213 g/mol. The lowest BCUT2D eigenvalue weighted by Gasteiger charge is -2.08. The fraction of sp³-hybridized carbons (Fsp3) is 0.214. The van der Waals surface area contributed by atoms with Crippen LogP contribution in [0.15, 0.2) is 48.2 Å². The molecule has 0 aliphatic carbocycles. The van der Waals surface area contributed by atoms with E-state index >= 15 is 0 Å². The molecule has 2 heteroatoms. The molecule has 0 radical (unpaired) electrons. The number of benzene rings is 1. The van der Waals surface area contributed by atoms with E-state index in [-0.39, 0.29) is 11.8 Å². The number of nitrogens with zero attached hydrogens (tertiary/aromatic N) is 1. The second kappa shape index (κ2) is 3.97. The summed E-state index contributed by atoms with van der Waals surface area (Å²) in [5.74, 6) is 0.166. The number of hydrogen-bond acceptors (Lipinski definition) is 1. The molecule has 0 spiro atoms. The highest BCUT2D eigenvalue weighted by Gasteiger charge is 2.32.